The maximum atomic E-state index is 12.6. The number of benzene rings is 1. The van der Waals surface area contributed by atoms with Crippen LogP contribution in [0.3, 0.4) is 0 Å². The Morgan fingerprint density at radius 2 is 2.04 bits per heavy atom. The molecule has 4 atom stereocenters. The molecule has 2 N–H and O–H groups in total. The molecule has 124 valence electrons. The average molecular weight is 314 g/mol. The smallest absolute Gasteiger partial charge is 0.225 e. The minimum atomic E-state index is 0.0558. The van der Waals surface area contributed by atoms with Crippen LogP contribution in [0.4, 0.5) is 0 Å². The number of hydrogen-bond acceptors (Lipinski definition) is 3. The van der Waals surface area contributed by atoms with Gasteiger partial charge in [-0.05, 0) is 17.9 Å². The first-order valence-electron chi connectivity index (χ1n) is 8.51. The molecule has 1 aliphatic carbocycles. The van der Waals surface area contributed by atoms with Crippen LogP contribution in [0.5, 0.6) is 0 Å². The number of nitrogens with one attached hydrogen (secondary N) is 1. The van der Waals surface area contributed by atoms with Gasteiger partial charge < -0.3 is 10.4 Å². The summed E-state index contributed by atoms with van der Waals surface area (Å²) in [5.74, 6) is 0.773. The van der Waals surface area contributed by atoms with Crippen molar-refractivity contribution in [2.24, 2.45) is 17.8 Å². The molecule has 0 bridgehead atoms. The standard InChI is InChI=1S/C19H26N2O2/c1-14-10-21(11-15-5-3-2-4-6-15)12-18(14)19(23)20-17-8-7-16(9-17)13-22/h2-8,14,16-18,22H,9-13H2,1H3,(H,20,23)/t14-,16+,17-,18-/m1/s1. The lowest BCUT2D eigenvalue weighted by molar-refractivity contribution is -0.126. The summed E-state index contributed by atoms with van der Waals surface area (Å²) in [5.41, 5.74) is 1.30. The molecule has 1 aliphatic heterocycles. The Hall–Kier alpha value is -1.65. The number of hydrogen-bond donors (Lipinski definition) is 2. The highest BCUT2D eigenvalue weighted by atomic mass is 16.3. The monoisotopic (exact) mass is 314 g/mol. The van der Waals surface area contributed by atoms with Crippen molar-refractivity contribution in [1.29, 1.82) is 0 Å². The third-order valence-corrected chi connectivity index (χ3v) is 5.01. The van der Waals surface area contributed by atoms with Crippen LogP contribution in [0, 0.1) is 17.8 Å². The fraction of sp³-hybridized carbons (Fsp3) is 0.526. The molecule has 1 fully saturated rings. The van der Waals surface area contributed by atoms with Gasteiger partial charge in [-0.2, -0.15) is 0 Å². The molecule has 1 aromatic rings. The number of amides is 1. The average Bonchev–Trinajstić information content (AvgIpc) is 3.14. The lowest BCUT2D eigenvalue weighted by Gasteiger charge is -2.19. The Balaban J connectivity index is 1.52. The lowest BCUT2D eigenvalue weighted by Crippen LogP contribution is -2.40. The van der Waals surface area contributed by atoms with Crippen LogP contribution in [-0.4, -0.2) is 41.7 Å². The van der Waals surface area contributed by atoms with Gasteiger partial charge >= 0.3 is 0 Å². The molecule has 1 aromatic carbocycles. The predicted molar refractivity (Wildman–Crippen MR) is 90.6 cm³/mol. The van der Waals surface area contributed by atoms with E-state index in [1.807, 2.05) is 18.2 Å². The molecule has 1 heterocycles. The van der Waals surface area contributed by atoms with Gasteiger partial charge in [-0.1, -0.05) is 49.4 Å². The van der Waals surface area contributed by atoms with Crippen LogP contribution in [0.2, 0.25) is 0 Å². The second-order valence-corrected chi connectivity index (χ2v) is 6.94. The first-order chi connectivity index (χ1) is 11.2. The van der Waals surface area contributed by atoms with E-state index in [0.29, 0.717) is 5.92 Å². The molecule has 3 rings (SSSR count). The Labute approximate surface area is 138 Å². The molecule has 0 radical (unpaired) electrons. The number of carbonyl (C=O) groups excluding carboxylic acids is 1. The quantitative estimate of drug-likeness (QED) is 0.815. The fourth-order valence-corrected chi connectivity index (χ4v) is 3.69. The summed E-state index contributed by atoms with van der Waals surface area (Å²) in [6.07, 6.45) is 4.84. The highest BCUT2D eigenvalue weighted by molar-refractivity contribution is 5.80. The zero-order valence-electron chi connectivity index (χ0n) is 13.7. The van der Waals surface area contributed by atoms with Crippen LogP contribution in [-0.2, 0) is 11.3 Å². The highest BCUT2D eigenvalue weighted by Crippen LogP contribution is 2.26. The van der Waals surface area contributed by atoms with Crippen molar-refractivity contribution in [1.82, 2.24) is 10.2 Å². The van der Waals surface area contributed by atoms with Gasteiger partial charge in [-0.15, -0.1) is 0 Å². The number of nitrogens with zero attached hydrogens (tertiary/aromatic N) is 1. The Morgan fingerprint density at radius 1 is 1.26 bits per heavy atom. The minimum Gasteiger partial charge on any atom is -0.396 e. The molecule has 2 aliphatic rings. The summed E-state index contributed by atoms with van der Waals surface area (Å²) >= 11 is 0. The van der Waals surface area contributed by atoms with Gasteiger partial charge in [0.25, 0.3) is 0 Å². The van der Waals surface area contributed by atoms with Crippen molar-refractivity contribution >= 4 is 5.91 Å². The summed E-state index contributed by atoms with van der Waals surface area (Å²) in [5, 5.41) is 12.3. The number of carbonyl (C=O) groups is 1. The molecule has 0 unspecified atom stereocenters. The molecule has 0 saturated carbocycles. The van der Waals surface area contributed by atoms with Crippen molar-refractivity contribution < 1.29 is 9.90 Å². The van der Waals surface area contributed by atoms with Crippen molar-refractivity contribution in [2.75, 3.05) is 19.7 Å². The molecule has 0 spiro atoms. The molecule has 1 amide bonds. The first-order valence-corrected chi connectivity index (χ1v) is 8.51. The van der Waals surface area contributed by atoms with Crippen LogP contribution in [0.25, 0.3) is 0 Å². The third-order valence-electron chi connectivity index (χ3n) is 5.01. The van der Waals surface area contributed by atoms with E-state index in [1.54, 1.807) is 0 Å². The van der Waals surface area contributed by atoms with Crippen LogP contribution in [0.15, 0.2) is 42.5 Å². The number of aliphatic hydroxyl groups excluding tert-OH is 1. The zero-order chi connectivity index (χ0) is 16.2. The third kappa shape index (κ3) is 4.01. The van der Waals surface area contributed by atoms with Crippen molar-refractivity contribution in [2.45, 2.75) is 25.9 Å². The topological polar surface area (TPSA) is 52.6 Å². The number of likely N-dealkylation sites (tertiary alicyclic amines) is 1. The summed E-state index contributed by atoms with van der Waals surface area (Å²) in [7, 11) is 0. The van der Waals surface area contributed by atoms with Crippen LogP contribution < -0.4 is 5.32 Å². The lowest BCUT2D eigenvalue weighted by atomic mass is 9.97. The maximum Gasteiger partial charge on any atom is 0.225 e. The molecule has 4 nitrogen and oxygen atoms in total. The van der Waals surface area contributed by atoms with Gasteiger partial charge in [-0.25, -0.2) is 0 Å². The van der Waals surface area contributed by atoms with Gasteiger partial charge in [-0.3, -0.25) is 9.69 Å². The van der Waals surface area contributed by atoms with Gasteiger partial charge in [0.15, 0.2) is 0 Å². The van der Waals surface area contributed by atoms with Crippen LogP contribution >= 0.6 is 0 Å². The summed E-state index contributed by atoms with van der Waals surface area (Å²) in [6.45, 7) is 5.02. The van der Waals surface area contributed by atoms with Gasteiger partial charge in [0.1, 0.15) is 0 Å². The van der Waals surface area contributed by atoms with Crippen molar-refractivity contribution in [3.05, 3.63) is 48.0 Å². The Kier molecular flexibility index (Phi) is 5.13. The summed E-state index contributed by atoms with van der Waals surface area (Å²) in [4.78, 5) is 14.9. The zero-order valence-corrected chi connectivity index (χ0v) is 13.7. The van der Waals surface area contributed by atoms with E-state index in [4.69, 9.17) is 0 Å². The molecule has 23 heavy (non-hydrogen) atoms. The number of aliphatic hydroxyl groups is 1. The van der Waals surface area contributed by atoms with Crippen LogP contribution in [0.1, 0.15) is 18.9 Å². The van der Waals surface area contributed by atoms with E-state index in [9.17, 15) is 9.90 Å². The van der Waals surface area contributed by atoms with Gasteiger partial charge in [0.05, 0.1) is 5.92 Å². The van der Waals surface area contributed by atoms with E-state index >= 15 is 0 Å². The normalized spacial score (nSPS) is 30.7. The highest BCUT2D eigenvalue weighted by Gasteiger charge is 2.35. The van der Waals surface area contributed by atoms with Gasteiger partial charge in [0, 0.05) is 38.2 Å². The van der Waals surface area contributed by atoms with Crippen molar-refractivity contribution in [3.8, 4) is 0 Å². The largest absolute Gasteiger partial charge is 0.396 e. The molecular formula is C19H26N2O2. The molecular weight excluding hydrogens is 288 g/mol. The number of rotatable bonds is 5. The van der Waals surface area contributed by atoms with Crippen molar-refractivity contribution in [3.63, 3.8) is 0 Å². The van der Waals surface area contributed by atoms with E-state index in [1.165, 1.54) is 5.56 Å². The molecule has 0 aromatic heterocycles. The second-order valence-electron chi connectivity index (χ2n) is 6.94. The SMILES string of the molecule is C[C@@H]1CN(Cc2ccccc2)C[C@H]1C(=O)N[C@@H]1C=C[C@H](CO)C1. The van der Waals surface area contributed by atoms with E-state index in [0.717, 1.165) is 26.1 Å². The Morgan fingerprint density at radius 3 is 2.74 bits per heavy atom. The summed E-state index contributed by atoms with van der Waals surface area (Å²) < 4.78 is 0. The van der Waals surface area contributed by atoms with E-state index < -0.39 is 0 Å². The molecule has 4 heteroatoms. The van der Waals surface area contributed by atoms with E-state index in [-0.39, 0.29) is 30.4 Å². The second kappa shape index (κ2) is 7.28. The first kappa shape index (κ1) is 16.2. The minimum absolute atomic E-state index is 0.0558. The fourth-order valence-electron chi connectivity index (χ4n) is 3.69. The predicted octanol–water partition coefficient (Wildman–Crippen LogP) is 1.81. The van der Waals surface area contributed by atoms with Gasteiger partial charge in [0.2, 0.25) is 5.91 Å². The maximum absolute atomic E-state index is 12.6. The summed E-state index contributed by atoms with van der Waals surface area (Å²) in [6, 6.07) is 10.5. The molecule has 1 saturated heterocycles. The van der Waals surface area contributed by atoms with E-state index in [2.05, 4.69) is 41.4 Å². The Bertz CT molecular complexity index is 558.